The molecule has 1 aliphatic rings. The van der Waals surface area contributed by atoms with E-state index in [0.29, 0.717) is 47.4 Å². The van der Waals surface area contributed by atoms with Gasteiger partial charge >= 0.3 is 6.18 Å². The molecule has 0 aliphatic carbocycles. The van der Waals surface area contributed by atoms with Crippen LogP contribution in [0.5, 0.6) is 0 Å². The maximum atomic E-state index is 14.5. The molecule has 0 spiro atoms. The summed E-state index contributed by atoms with van der Waals surface area (Å²) in [5.41, 5.74) is 1.51. The zero-order valence-electron chi connectivity index (χ0n) is 28.1. The third-order valence-electron chi connectivity index (χ3n) is 9.02. The quantitative estimate of drug-likeness (QED) is 0.165. The number of amides is 1. The number of halogens is 4. The molecule has 7 nitrogen and oxygen atoms in total. The number of piperidine rings is 1. The first-order valence-corrected chi connectivity index (χ1v) is 18.2. The van der Waals surface area contributed by atoms with Crippen LogP contribution in [0.3, 0.4) is 0 Å². The second-order valence-electron chi connectivity index (χ2n) is 13.3. The van der Waals surface area contributed by atoms with Gasteiger partial charge in [0.05, 0.1) is 21.7 Å². The summed E-state index contributed by atoms with van der Waals surface area (Å²) in [6.07, 6.45) is -2.11. The summed E-state index contributed by atoms with van der Waals surface area (Å²) in [4.78, 5) is 23.6. The summed E-state index contributed by atoms with van der Waals surface area (Å²) in [7, 11) is -1.65. The van der Waals surface area contributed by atoms with Crippen LogP contribution in [0.1, 0.15) is 59.8 Å². The van der Waals surface area contributed by atoms with Gasteiger partial charge in [0.25, 0.3) is 5.91 Å². The third kappa shape index (κ3) is 8.66. The summed E-state index contributed by atoms with van der Waals surface area (Å²) in [6.45, 7) is 6.02. The average Bonchev–Trinajstić information content (AvgIpc) is 3.06. The summed E-state index contributed by atoms with van der Waals surface area (Å²) in [6, 6.07) is 15.8. The third-order valence-corrected chi connectivity index (χ3v) is 10.1. The van der Waals surface area contributed by atoms with Crippen molar-refractivity contribution in [2.75, 3.05) is 32.9 Å². The molecule has 49 heavy (non-hydrogen) atoms. The van der Waals surface area contributed by atoms with E-state index in [-0.39, 0.29) is 33.5 Å². The highest BCUT2D eigenvalue weighted by atomic mass is 32.2. The molecule has 0 unspecified atom stereocenters. The standard InChI is InChI=1S/C37H42F4N4O3S/c1-24(2)22-44(3)28-15-17-45(18-16-28)23-31-33(36(46)43-35(37(39,40)41)26-10-6-5-7-11-26)30-20-29(49(4,47)48)13-14-32(30)42-34(31)27-12-8-9-25(19-27)21-38/h5-14,19-20,24,28,35H,15-18,21-23H2,1-4H3,(H,43,46)/t35-/m1/s1. The van der Waals surface area contributed by atoms with Gasteiger partial charge in [0, 0.05) is 41.9 Å². The van der Waals surface area contributed by atoms with Crippen LogP contribution in [-0.4, -0.2) is 74.3 Å². The Labute approximate surface area is 285 Å². The van der Waals surface area contributed by atoms with Gasteiger partial charge in [-0.25, -0.2) is 17.8 Å². The van der Waals surface area contributed by atoms with Gasteiger partial charge in [-0.2, -0.15) is 13.2 Å². The van der Waals surface area contributed by atoms with Gasteiger partial charge < -0.3 is 10.2 Å². The predicted octanol–water partition coefficient (Wildman–Crippen LogP) is 7.36. The van der Waals surface area contributed by atoms with Gasteiger partial charge in [-0.3, -0.25) is 9.69 Å². The van der Waals surface area contributed by atoms with E-state index in [0.717, 1.165) is 25.6 Å². The van der Waals surface area contributed by atoms with Crippen molar-refractivity contribution in [1.29, 1.82) is 0 Å². The largest absolute Gasteiger partial charge is 0.412 e. The predicted molar refractivity (Wildman–Crippen MR) is 184 cm³/mol. The number of aromatic nitrogens is 1. The molecule has 1 N–H and O–H groups in total. The number of fused-ring (bicyclic) bond motifs is 1. The highest BCUT2D eigenvalue weighted by Crippen LogP contribution is 2.37. The van der Waals surface area contributed by atoms with Crippen molar-refractivity contribution in [2.45, 2.75) is 63.1 Å². The van der Waals surface area contributed by atoms with E-state index in [1.165, 1.54) is 42.5 Å². The number of benzene rings is 3. The minimum atomic E-state index is -4.83. The lowest BCUT2D eigenvalue weighted by molar-refractivity contribution is -0.155. The van der Waals surface area contributed by atoms with Crippen LogP contribution in [0.15, 0.2) is 77.7 Å². The molecular weight excluding hydrogens is 656 g/mol. The van der Waals surface area contributed by atoms with Crippen molar-refractivity contribution in [1.82, 2.24) is 20.1 Å². The number of hydrogen-bond acceptors (Lipinski definition) is 6. The molecule has 1 fully saturated rings. The zero-order chi connectivity index (χ0) is 35.5. The fraction of sp³-hybridized carbons (Fsp3) is 0.405. The molecule has 12 heteroatoms. The van der Waals surface area contributed by atoms with Gasteiger partial charge in [0.15, 0.2) is 15.9 Å². The molecule has 0 radical (unpaired) electrons. The van der Waals surface area contributed by atoms with Gasteiger partial charge in [0.2, 0.25) is 0 Å². The summed E-state index contributed by atoms with van der Waals surface area (Å²) >= 11 is 0. The maximum absolute atomic E-state index is 14.5. The molecule has 1 saturated heterocycles. The van der Waals surface area contributed by atoms with E-state index in [1.807, 2.05) is 0 Å². The second-order valence-corrected chi connectivity index (χ2v) is 15.3. The van der Waals surface area contributed by atoms with Gasteiger partial charge in [0.1, 0.15) is 6.67 Å². The van der Waals surface area contributed by atoms with Crippen LogP contribution in [0.2, 0.25) is 0 Å². The molecule has 3 aromatic carbocycles. The molecule has 1 aliphatic heterocycles. The SMILES string of the molecule is CC(C)CN(C)C1CCN(Cc2c(-c3cccc(CF)c3)nc3ccc(S(C)(=O)=O)cc3c2C(=O)N[C@H](c2ccccc2)C(F)(F)F)CC1. The Hall–Kier alpha value is -3.87. The monoisotopic (exact) mass is 698 g/mol. The Balaban J connectivity index is 1.69. The van der Waals surface area contributed by atoms with E-state index in [9.17, 15) is 30.8 Å². The number of rotatable bonds is 11. The van der Waals surface area contributed by atoms with E-state index in [2.05, 4.69) is 36.0 Å². The minimum absolute atomic E-state index is 0.0969. The number of hydrogen-bond donors (Lipinski definition) is 1. The number of alkyl halides is 4. The summed E-state index contributed by atoms with van der Waals surface area (Å²) in [5, 5.41) is 2.34. The lowest BCUT2D eigenvalue weighted by atomic mass is 9.93. The number of carbonyl (C=O) groups excluding carboxylic acids is 1. The first-order valence-electron chi connectivity index (χ1n) is 16.3. The molecule has 5 rings (SSSR count). The van der Waals surface area contributed by atoms with E-state index >= 15 is 0 Å². The van der Waals surface area contributed by atoms with Crippen molar-refractivity contribution in [3.8, 4) is 11.3 Å². The van der Waals surface area contributed by atoms with Crippen molar-refractivity contribution in [3.63, 3.8) is 0 Å². The minimum Gasteiger partial charge on any atom is -0.337 e. The zero-order valence-corrected chi connectivity index (χ0v) is 28.9. The van der Waals surface area contributed by atoms with Crippen molar-refractivity contribution < 1.29 is 30.8 Å². The van der Waals surface area contributed by atoms with Gasteiger partial charge in [-0.15, -0.1) is 0 Å². The molecule has 0 bridgehead atoms. The van der Waals surface area contributed by atoms with E-state index in [4.69, 9.17) is 4.98 Å². The average molecular weight is 699 g/mol. The summed E-state index contributed by atoms with van der Waals surface area (Å²) in [5.74, 6) is -0.516. The number of sulfone groups is 1. The second kappa shape index (κ2) is 14.9. The lowest BCUT2D eigenvalue weighted by Crippen LogP contribution is -2.44. The van der Waals surface area contributed by atoms with Crippen molar-refractivity contribution in [2.24, 2.45) is 5.92 Å². The fourth-order valence-electron chi connectivity index (χ4n) is 6.64. The molecule has 1 amide bonds. The Morgan fingerprint density at radius 3 is 2.33 bits per heavy atom. The van der Waals surface area contributed by atoms with Crippen LogP contribution in [0.4, 0.5) is 17.6 Å². The van der Waals surface area contributed by atoms with Crippen LogP contribution in [0, 0.1) is 5.92 Å². The molecule has 262 valence electrons. The smallest absolute Gasteiger partial charge is 0.337 e. The Kier molecular flexibility index (Phi) is 11.1. The highest BCUT2D eigenvalue weighted by Gasteiger charge is 2.42. The van der Waals surface area contributed by atoms with Crippen molar-refractivity contribution >= 4 is 26.6 Å². The van der Waals surface area contributed by atoms with Crippen LogP contribution in [-0.2, 0) is 23.1 Å². The molecule has 4 aromatic rings. The Bertz CT molecular complexity index is 1890. The Morgan fingerprint density at radius 1 is 1.02 bits per heavy atom. The topological polar surface area (TPSA) is 82.6 Å². The lowest BCUT2D eigenvalue weighted by Gasteiger charge is -2.38. The van der Waals surface area contributed by atoms with Crippen LogP contribution in [0.25, 0.3) is 22.2 Å². The van der Waals surface area contributed by atoms with Crippen molar-refractivity contribution in [3.05, 3.63) is 95.1 Å². The normalized spacial score (nSPS) is 15.6. The van der Waals surface area contributed by atoms with Crippen LogP contribution < -0.4 is 5.32 Å². The first kappa shape index (κ1) is 36.4. The van der Waals surface area contributed by atoms with Crippen LogP contribution >= 0.6 is 0 Å². The molecule has 1 aromatic heterocycles. The van der Waals surface area contributed by atoms with Gasteiger partial charge in [-0.05, 0) is 74.3 Å². The fourth-order valence-corrected chi connectivity index (χ4v) is 7.28. The van der Waals surface area contributed by atoms with E-state index < -0.39 is 34.6 Å². The number of carbonyl (C=O) groups is 1. The maximum Gasteiger partial charge on any atom is 0.412 e. The van der Waals surface area contributed by atoms with Gasteiger partial charge in [-0.1, -0.05) is 62.4 Å². The van der Waals surface area contributed by atoms with E-state index in [1.54, 1.807) is 30.3 Å². The number of nitrogens with zero attached hydrogens (tertiary/aromatic N) is 3. The first-order chi connectivity index (χ1) is 23.2. The number of pyridine rings is 1. The highest BCUT2D eigenvalue weighted by molar-refractivity contribution is 7.90. The Morgan fingerprint density at radius 2 is 1.71 bits per heavy atom. The molecular formula is C37H42F4N4O3S. The molecule has 1 atom stereocenters. The molecule has 2 heterocycles. The number of likely N-dealkylation sites (tertiary alicyclic amines) is 1. The molecule has 0 saturated carbocycles. The number of nitrogens with one attached hydrogen (secondary N) is 1. The summed E-state index contributed by atoms with van der Waals surface area (Å²) < 4.78 is 82.8.